The first-order valence-electron chi connectivity index (χ1n) is 10.3. The van der Waals surface area contributed by atoms with E-state index in [4.69, 9.17) is 4.52 Å². The predicted molar refractivity (Wildman–Crippen MR) is 111 cm³/mol. The molecular weight excluding hydrogens is 371 g/mol. The Morgan fingerprint density at radius 1 is 1.28 bits per heavy atom. The summed E-state index contributed by atoms with van der Waals surface area (Å²) in [4.78, 5) is 11.1. The summed E-state index contributed by atoms with van der Waals surface area (Å²) in [5.41, 5.74) is 1.15. The topological polar surface area (TPSA) is 78.6 Å². The minimum Gasteiger partial charge on any atom is -0.356 e. The van der Waals surface area contributed by atoms with E-state index in [2.05, 4.69) is 30.7 Å². The Morgan fingerprint density at radius 2 is 2.00 bits per heavy atom. The third kappa shape index (κ3) is 6.52. The second-order valence-electron chi connectivity index (χ2n) is 7.77. The third-order valence-electron chi connectivity index (χ3n) is 5.10. The number of halogens is 1. The smallest absolute Gasteiger partial charge is 0.228 e. The summed E-state index contributed by atoms with van der Waals surface area (Å²) < 4.78 is 18.3. The van der Waals surface area contributed by atoms with Crippen LogP contribution < -0.4 is 10.6 Å². The molecule has 0 bridgehead atoms. The highest BCUT2D eigenvalue weighted by Crippen LogP contribution is 2.14. The molecular formula is C21H31FN6O. The maximum Gasteiger partial charge on any atom is 0.228 e. The van der Waals surface area contributed by atoms with E-state index < -0.39 is 0 Å². The van der Waals surface area contributed by atoms with Crippen LogP contribution >= 0.6 is 0 Å². The van der Waals surface area contributed by atoms with E-state index in [-0.39, 0.29) is 11.7 Å². The number of guanidine groups is 1. The van der Waals surface area contributed by atoms with Crippen LogP contribution in [0.3, 0.4) is 0 Å². The number of aromatic nitrogens is 2. The van der Waals surface area contributed by atoms with Crippen molar-refractivity contribution in [3.63, 3.8) is 0 Å². The zero-order valence-corrected chi connectivity index (χ0v) is 17.5. The first-order chi connectivity index (χ1) is 14.0. The van der Waals surface area contributed by atoms with Crippen LogP contribution in [0, 0.1) is 5.82 Å². The predicted octanol–water partition coefficient (Wildman–Crippen LogP) is 2.70. The van der Waals surface area contributed by atoms with E-state index in [0.717, 1.165) is 49.8 Å². The molecule has 1 aliphatic rings. The Kier molecular flexibility index (Phi) is 7.57. The first-order valence-corrected chi connectivity index (χ1v) is 10.3. The van der Waals surface area contributed by atoms with Crippen molar-refractivity contribution in [3.8, 4) is 0 Å². The summed E-state index contributed by atoms with van der Waals surface area (Å²) >= 11 is 0. The molecule has 0 spiro atoms. The molecule has 0 aliphatic carbocycles. The molecule has 0 radical (unpaired) electrons. The molecule has 1 aliphatic heterocycles. The van der Waals surface area contributed by atoms with Crippen molar-refractivity contribution in [1.82, 2.24) is 25.7 Å². The van der Waals surface area contributed by atoms with Gasteiger partial charge in [-0.1, -0.05) is 31.1 Å². The maximum atomic E-state index is 13.0. The summed E-state index contributed by atoms with van der Waals surface area (Å²) in [6.07, 6.45) is 2.75. The zero-order chi connectivity index (χ0) is 20.6. The summed E-state index contributed by atoms with van der Waals surface area (Å²) in [6, 6.07) is 7.16. The lowest BCUT2D eigenvalue weighted by Crippen LogP contribution is -2.48. The van der Waals surface area contributed by atoms with E-state index >= 15 is 0 Å². The van der Waals surface area contributed by atoms with Gasteiger partial charge in [-0.25, -0.2) is 4.39 Å². The quantitative estimate of drug-likeness (QED) is 0.548. The monoisotopic (exact) mass is 402 g/mol. The number of likely N-dealkylation sites (tertiary alicyclic amines) is 1. The number of benzene rings is 1. The van der Waals surface area contributed by atoms with Crippen LogP contribution in [0.25, 0.3) is 0 Å². The number of nitrogens with zero attached hydrogens (tertiary/aromatic N) is 4. The lowest BCUT2D eigenvalue weighted by atomic mass is 10.0. The van der Waals surface area contributed by atoms with Crippen LogP contribution in [0.1, 0.15) is 49.9 Å². The van der Waals surface area contributed by atoms with Crippen LogP contribution in [-0.2, 0) is 13.0 Å². The fraction of sp³-hybridized carbons (Fsp3) is 0.571. The molecule has 2 heterocycles. The Hall–Kier alpha value is -2.48. The van der Waals surface area contributed by atoms with Gasteiger partial charge in [-0.3, -0.25) is 9.89 Å². The Balaban J connectivity index is 1.37. The fourth-order valence-corrected chi connectivity index (χ4v) is 3.36. The molecule has 29 heavy (non-hydrogen) atoms. The summed E-state index contributed by atoms with van der Waals surface area (Å²) in [6.45, 7) is 7.65. The highest BCUT2D eigenvalue weighted by Gasteiger charge is 2.20. The molecule has 7 nitrogen and oxygen atoms in total. The zero-order valence-electron chi connectivity index (χ0n) is 17.5. The molecule has 2 aromatic rings. The molecule has 0 amide bonds. The molecule has 1 fully saturated rings. The summed E-state index contributed by atoms with van der Waals surface area (Å²) in [7, 11) is 1.78. The second-order valence-corrected chi connectivity index (χ2v) is 7.77. The third-order valence-corrected chi connectivity index (χ3v) is 5.10. The van der Waals surface area contributed by atoms with Crippen molar-refractivity contribution in [2.45, 2.75) is 51.6 Å². The van der Waals surface area contributed by atoms with Gasteiger partial charge in [0, 0.05) is 51.6 Å². The van der Waals surface area contributed by atoms with Gasteiger partial charge < -0.3 is 15.2 Å². The molecule has 0 saturated carbocycles. The minimum atomic E-state index is -0.185. The Morgan fingerprint density at radius 3 is 2.62 bits per heavy atom. The lowest BCUT2D eigenvalue weighted by Gasteiger charge is -2.33. The first kappa shape index (κ1) is 21.2. The standard InChI is InChI=1S/C21H31FN6O/c1-15(2)20-26-19(29-27-20)8-11-24-21(23-3)25-18-9-12-28(13-10-18)14-16-4-6-17(22)7-5-16/h4-7,15,18H,8-14H2,1-3H3,(H2,23,24,25). The van der Waals surface area contributed by atoms with Crippen molar-refractivity contribution in [3.05, 3.63) is 47.4 Å². The van der Waals surface area contributed by atoms with Crippen molar-refractivity contribution in [2.75, 3.05) is 26.7 Å². The number of piperidine rings is 1. The van der Waals surface area contributed by atoms with E-state index in [9.17, 15) is 4.39 Å². The summed E-state index contributed by atoms with van der Waals surface area (Å²) in [5.74, 6) is 2.27. The van der Waals surface area contributed by atoms with Crippen LogP contribution in [0.15, 0.2) is 33.8 Å². The van der Waals surface area contributed by atoms with Crippen LogP contribution in [-0.4, -0.2) is 53.7 Å². The van der Waals surface area contributed by atoms with Gasteiger partial charge in [0.05, 0.1) is 0 Å². The van der Waals surface area contributed by atoms with Gasteiger partial charge in [-0.15, -0.1) is 0 Å². The van der Waals surface area contributed by atoms with E-state index in [0.29, 0.717) is 24.9 Å². The minimum absolute atomic E-state index is 0.185. The van der Waals surface area contributed by atoms with Gasteiger partial charge in [0.1, 0.15) is 5.82 Å². The van der Waals surface area contributed by atoms with Crippen molar-refractivity contribution >= 4 is 5.96 Å². The molecule has 158 valence electrons. The normalized spacial score (nSPS) is 16.4. The van der Waals surface area contributed by atoms with Crippen LogP contribution in [0.5, 0.6) is 0 Å². The molecule has 2 N–H and O–H groups in total. The lowest BCUT2D eigenvalue weighted by molar-refractivity contribution is 0.198. The fourth-order valence-electron chi connectivity index (χ4n) is 3.36. The van der Waals surface area contributed by atoms with Gasteiger partial charge in [0.25, 0.3) is 0 Å². The number of aliphatic imine (C=N–C) groups is 1. The number of hydrogen-bond donors (Lipinski definition) is 2. The van der Waals surface area contributed by atoms with E-state index in [1.807, 2.05) is 26.0 Å². The molecule has 0 unspecified atom stereocenters. The maximum absolute atomic E-state index is 13.0. The molecule has 1 aromatic heterocycles. The Labute approximate surface area is 171 Å². The largest absolute Gasteiger partial charge is 0.356 e. The molecule has 3 rings (SSSR count). The van der Waals surface area contributed by atoms with E-state index in [1.54, 1.807) is 7.05 Å². The van der Waals surface area contributed by atoms with Crippen LogP contribution in [0.4, 0.5) is 4.39 Å². The number of nitrogens with one attached hydrogen (secondary N) is 2. The van der Waals surface area contributed by atoms with E-state index in [1.165, 1.54) is 12.1 Å². The molecule has 0 atom stereocenters. The average molecular weight is 403 g/mol. The van der Waals surface area contributed by atoms with Crippen molar-refractivity contribution in [1.29, 1.82) is 0 Å². The average Bonchev–Trinajstić information content (AvgIpc) is 3.19. The summed E-state index contributed by atoms with van der Waals surface area (Å²) in [5, 5.41) is 10.8. The SMILES string of the molecule is CN=C(NCCc1nc(C(C)C)no1)NC1CCN(Cc2ccc(F)cc2)CC1. The second kappa shape index (κ2) is 10.3. The van der Waals surface area contributed by atoms with Gasteiger partial charge in [-0.2, -0.15) is 4.98 Å². The van der Waals surface area contributed by atoms with Crippen LogP contribution in [0.2, 0.25) is 0 Å². The number of hydrogen-bond acceptors (Lipinski definition) is 5. The van der Waals surface area contributed by atoms with Gasteiger partial charge in [-0.05, 0) is 30.5 Å². The number of rotatable bonds is 7. The van der Waals surface area contributed by atoms with Crippen molar-refractivity contribution in [2.24, 2.45) is 4.99 Å². The van der Waals surface area contributed by atoms with Crippen molar-refractivity contribution < 1.29 is 8.91 Å². The highest BCUT2D eigenvalue weighted by molar-refractivity contribution is 5.79. The molecule has 1 aromatic carbocycles. The van der Waals surface area contributed by atoms with Gasteiger partial charge in [0.15, 0.2) is 11.8 Å². The van der Waals surface area contributed by atoms with Gasteiger partial charge >= 0.3 is 0 Å². The highest BCUT2D eigenvalue weighted by atomic mass is 19.1. The molecule has 8 heteroatoms. The molecule has 1 saturated heterocycles. The van der Waals surface area contributed by atoms with Gasteiger partial charge in [0.2, 0.25) is 5.89 Å². The Bertz CT molecular complexity index is 781.